The molecule has 16 heavy (non-hydrogen) atoms. The molecule has 0 unspecified atom stereocenters. The van der Waals surface area contributed by atoms with Crippen LogP contribution in [-0.4, -0.2) is 24.2 Å². The molecule has 0 atom stereocenters. The molecule has 90 valence electrons. The lowest BCUT2D eigenvalue weighted by Gasteiger charge is -2.03. The summed E-state index contributed by atoms with van der Waals surface area (Å²) in [5.74, 6) is 0.123. The molecule has 2 N–H and O–H groups in total. The van der Waals surface area contributed by atoms with Gasteiger partial charge in [0, 0.05) is 24.4 Å². The van der Waals surface area contributed by atoms with Crippen molar-refractivity contribution >= 4 is 17.2 Å². The van der Waals surface area contributed by atoms with E-state index >= 15 is 0 Å². The second-order valence-electron chi connectivity index (χ2n) is 3.71. The third kappa shape index (κ3) is 5.88. The number of thiophene rings is 1. The van der Waals surface area contributed by atoms with Crippen molar-refractivity contribution in [2.75, 3.05) is 13.2 Å². The van der Waals surface area contributed by atoms with E-state index in [0.29, 0.717) is 6.42 Å². The molecule has 1 rings (SSSR count). The minimum atomic E-state index is 0.123. The van der Waals surface area contributed by atoms with Crippen molar-refractivity contribution in [1.29, 1.82) is 0 Å². The number of amides is 1. The molecule has 0 aliphatic heterocycles. The molecular weight excluding hydrogens is 222 g/mol. The van der Waals surface area contributed by atoms with Gasteiger partial charge in [0.05, 0.1) is 0 Å². The molecule has 1 aromatic heterocycles. The number of aliphatic hydroxyl groups excluding tert-OH is 1. The summed E-state index contributed by atoms with van der Waals surface area (Å²) >= 11 is 1.69. The monoisotopic (exact) mass is 241 g/mol. The SMILES string of the molecule is O=C(CCc1cccs1)NCCCCCO. The van der Waals surface area contributed by atoms with Gasteiger partial charge in [-0.3, -0.25) is 4.79 Å². The van der Waals surface area contributed by atoms with Crippen molar-refractivity contribution in [2.45, 2.75) is 32.1 Å². The molecular formula is C12H19NO2S. The Morgan fingerprint density at radius 1 is 1.38 bits per heavy atom. The predicted octanol–water partition coefficient (Wildman–Crippen LogP) is 1.96. The largest absolute Gasteiger partial charge is 0.396 e. The topological polar surface area (TPSA) is 49.3 Å². The number of rotatable bonds is 8. The molecule has 0 aliphatic carbocycles. The number of aryl methyl sites for hydroxylation is 1. The Labute approximate surface area is 100 Å². The third-order valence-corrected chi connectivity index (χ3v) is 3.27. The van der Waals surface area contributed by atoms with Gasteiger partial charge < -0.3 is 10.4 Å². The van der Waals surface area contributed by atoms with Gasteiger partial charge in [-0.15, -0.1) is 11.3 Å². The quantitative estimate of drug-likeness (QED) is 0.684. The lowest BCUT2D eigenvalue weighted by Crippen LogP contribution is -2.24. The third-order valence-electron chi connectivity index (χ3n) is 2.34. The Bertz CT molecular complexity index is 285. The second-order valence-corrected chi connectivity index (χ2v) is 4.75. The van der Waals surface area contributed by atoms with Crippen LogP contribution in [-0.2, 0) is 11.2 Å². The maximum Gasteiger partial charge on any atom is 0.220 e. The van der Waals surface area contributed by atoms with Gasteiger partial charge in [0.25, 0.3) is 0 Å². The zero-order valence-corrected chi connectivity index (χ0v) is 10.3. The Hall–Kier alpha value is -0.870. The number of carbonyl (C=O) groups is 1. The summed E-state index contributed by atoms with van der Waals surface area (Å²) in [6.07, 6.45) is 4.15. The maximum atomic E-state index is 11.4. The van der Waals surface area contributed by atoms with E-state index in [0.717, 1.165) is 32.2 Å². The number of hydrogen-bond donors (Lipinski definition) is 2. The van der Waals surface area contributed by atoms with Crippen LogP contribution in [0, 0.1) is 0 Å². The summed E-state index contributed by atoms with van der Waals surface area (Å²) in [4.78, 5) is 12.7. The predicted molar refractivity (Wildman–Crippen MR) is 66.6 cm³/mol. The normalized spacial score (nSPS) is 10.3. The highest BCUT2D eigenvalue weighted by Gasteiger charge is 2.01. The van der Waals surface area contributed by atoms with Crippen molar-refractivity contribution in [3.63, 3.8) is 0 Å². The lowest BCUT2D eigenvalue weighted by molar-refractivity contribution is -0.121. The van der Waals surface area contributed by atoms with Gasteiger partial charge >= 0.3 is 0 Å². The summed E-state index contributed by atoms with van der Waals surface area (Å²) in [7, 11) is 0. The molecule has 1 amide bonds. The molecule has 0 saturated carbocycles. The molecule has 1 heterocycles. The summed E-state index contributed by atoms with van der Waals surface area (Å²) < 4.78 is 0. The van der Waals surface area contributed by atoms with Crippen LogP contribution in [0.2, 0.25) is 0 Å². The molecule has 0 bridgehead atoms. The first kappa shape index (κ1) is 13.2. The van der Waals surface area contributed by atoms with Crippen LogP contribution in [0.1, 0.15) is 30.6 Å². The fourth-order valence-corrected chi connectivity index (χ4v) is 2.13. The summed E-state index contributed by atoms with van der Waals surface area (Å²) in [6.45, 7) is 0.968. The minimum absolute atomic E-state index is 0.123. The molecule has 4 heteroatoms. The van der Waals surface area contributed by atoms with Crippen molar-refractivity contribution < 1.29 is 9.90 Å². The van der Waals surface area contributed by atoms with Gasteiger partial charge in [0.1, 0.15) is 0 Å². The van der Waals surface area contributed by atoms with Gasteiger partial charge in [-0.25, -0.2) is 0 Å². The van der Waals surface area contributed by atoms with Crippen LogP contribution in [0.5, 0.6) is 0 Å². The first-order valence-electron chi connectivity index (χ1n) is 5.73. The Balaban J connectivity index is 1.99. The van der Waals surface area contributed by atoms with Gasteiger partial charge in [-0.05, 0) is 37.1 Å². The highest BCUT2D eigenvalue weighted by molar-refractivity contribution is 7.09. The maximum absolute atomic E-state index is 11.4. The fraction of sp³-hybridized carbons (Fsp3) is 0.583. The van der Waals surface area contributed by atoms with E-state index in [4.69, 9.17) is 5.11 Å². The number of carbonyl (C=O) groups excluding carboxylic acids is 1. The average Bonchev–Trinajstić information content (AvgIpc) is 2.79. The standard InChI is InChI=1S/C12H19NO2S/c14-9-3-1-2-8-13-12(15)7-6-11-5-4-10-16-11/h4-5,10,14H,1-3,6-9H2,(H,13,15). The average molecular weight is 241 g/mol. The van der Waals surface area contributed by atoms with Crippen molar-refractivity contribution in [2.24, 2.45) is 0 Å². The minimum Gasteiger partial charge on any atom is -0.396 e. The first-order chi connectivity index (χ1) is 7.83. The fourth-order valence-electron chi connectivity index (χ4n) is 1.42. The van der Waals surface area contributed by atoms with Crippen molar-refractivity contribution in [3.05, 3.63) is 22.4 Å². The van der Waals surface area contributed by atoms with E-state index in [2.05, 4.69) is 11.4 Å². The molecule has 0 radical (unpaired) electrons. The summed E-state index contributed by atoms with van der Waals surface area (Å²) in [5, 5.41) is 13.5. The van der Waals surface area contributed by atoms with Crippen LogP contribution in [0.3, 0.4) is 0 Å². The smallest absolute Gasteiger partial charge is 0.220 e. The molecule has 0 aromatic carbocycles. The van der Waals surface area contributed by atoms with Crippen LogP contribution in [0.4, 0.5) is 0 Å². The van der Waals surface area contributed by atoms with E-state index in [-0.39, 0.29) is 12.5 Å². The van der Waals surface area contributed by atoms with Crippen molar-refractivity contribution in [1.82, 2.24) is 5.32 Å². The molecule has 0 saturated heterocycles. The Kier molecular flexibility index (Phi) is 6.85. The molecule has 0 spiro atoms. The Morgan fingerprint density at radius 3 is 2.94 bits per heavy atom. The zero-order valence-electron chi connectivity index (χ0n) is 9.45. The van der Waals surface area contributed by atoms with Gasteiger partial charge in [0.2, 0.25) is 5.91 Å². The lowest BCUT2D eigenvalue weighted by atomic mass is 10.2. The molecule has 0 aliphatic rings. The van der Waals surface area contributed by atoms with Gasteiger partial charge in [-0.2, -0.15) is 0 Å². The zero-order chi connectivity index (χ0) is 11.6. The number of unbranched alkanes of at least 4 members (excludes halogenated alkanes) is 2. The van der Waals surface area contributed by atoms with Crippen LogP contribution in [0.25, 0.3) is 0 Å². The van der Waals surface area contributed by atoms with Gasteiger partial charge in [-0.1, -0.05) is 6.07 Å². The summed E-state index contributed by atoms with van der Waals surface area (Å²) in [5.41, 5.74) is 0. The van der Waals surface area contributed by atoms with E-state index in [1.165, 1.54) is 4.88 Å². The molecule has 0 fully saturated rings. The highest BCUT2D eigenvalue weighted by Crippen LogP contribution is 2.10. The number of nitrogens with one attached hydrogen (secondary N) is 1. The number of aliphatic hydroxyl groups is 1. The van der Waals surface area contributed by atoms with E-state index in [9.17, 15) is 4.79 Å². The molecule has 3 nitrogen and oxygen atoms in total. The first-order valence-corrected chi connectivity index (χ1v) is 6.61. The van der Waals surface area contributed by atoms with E-state index in [1.807, 2.05) is 11.4 Å². The van der Waals surface area contributed by atoms with E-state index < -0.39 is 0 Å². The number of hydrogen-bond acceptors (Lipinski definition) is 3. The Morgan fingerprint density at radius 2 is 2.25 bits per heavy atom. The van der Waals surface area contributed by atoms with Crippen molar-refractivity contribution in [3.8, 4) is 0 Å². The van der Waals surface area contributed by atoms with Gasteiger partial charge in [0.15, 0.2) is 0 Å². The van der Waals surface area contributed by atoms with Crippen LogP contribution in [0.15, 0.2) is 17.5 Å². The van der Waals surface area contributed by atoms with Crippen LogP contribution < -0.4 is 5.32 Å². The van der Waals surface area contributed by atoms with Crippen LogP contribution >= 0.6 is 11.3 Å². The van der Waals surface area contributed by atoms with E-state index in [1.54, 1.807) is 11.3 Å². The second kappa shape index (κ2) is 8.30. The summed E-state index contributed by atoms with van der Waals surface area (Å²) in [6, 6.07) is 4.06. The highest BCUT2D eigenvalue weighted by atomic mass is 32.1. The molecule has 1 aromatic rings.